The van der Waals surface area contributed by atoms with E-state index in [4.69, 9.17) is 0 Å². The number of nitrogens with one attached hydrogen (secondary N) is 2. The first-order valence-corrected chi connectivity index (χ1v) is 9.90. The van der Waals surface area contributed by atoms with Gasteiger partial charge in [0.2, 0.25) is 5.91 Å². The number of anilines is 1. The van der Waals surface area contributed by atoms with Gasteiger partial charge < -0.3 is 10.6 Å². The van der Waals surface area contributed by atoms with Gasteiger partial charge in [0.25, 0.3) is 5.91 Å². The number of nitrogens with zero attached hydrogens (tertiary/aromatic N) is 1. The molecule has 28 heavy (non-hydrogen) atoms. The Morgan fingerprint density at radius 3 is 2.50 bits per heavy atom. The minimum atomic E-state index is -0.311. The molecule has 5 nitrogen and oxygen atoms in total. The first-order chi connectivity index (χ1) is 13.3. The van der Waals surface area contributed by atoms with Gasteiger partial charge in [-0.15, -0.1) is 11.3 Å². The van der Waals surface area contributed by atoms with Crippen molar-refractivity contribution in [2.24, 2.45) is 0 Å². The lowest BCUT2D eigenvalue weighted by atomic mass is 9.86. The van der Waals surface area contributed by atoms with Gasteiger partial charge in [-0.25, -0.2) is 4.98 Å². The molecule has 2 aromatic carbocycles. The second-order valence-electron chi connectivity index (χ2n) is 7.47. The van der Waals surface area contributed by atoms with Crippen molar-refractivity contribution in [3.63, 3.8) is 0 Å². The Bertz CT molecular complexity index is 975. The number of carbonyl (C=O) groups excluding carboxylic acids is 2. The molecule has 0 aliphatic carbocycles. The van der Waals surface area contributed by atoms with Crippen LogP contribution in [0.4, 0.5) is 5.13 Å². The maximum absolute atomic E-state index is 12.4. The van der Waals surface area contributed by atoms with E-state index in [0.717, 1.165) is 16.8 Å². The highest BCUT2D eigenvalue weighted by Gasteiger charge is 2.16. The average molecular weight is 394 g/mol. The van der Waals surface area contributed by atoms with Crippen molar-refractivity contribution in [3.05, 3.63) is 71.1 Å². The molecule has 0 bridgehead atoms. The first kappa shape index (κ1) is 19.8. The fourth-order valence-corrected chi connectivity index (χ4v) is 3.36. The number of hydrogen-bond acceptors (Lipinski definition) is 4. The van der Waals surface area contributed by atoms with Gasteiger partial charge >= 0.3 is 0 Å². The SMILES string of the molecule is CC(C)(C)c1cccc(C(=O)NCC(=O)Nc2nc(-c3ccccc3)cs2)c1. The quantitative estimate of drug-likeness (QED) is 0.671. The van der Waals surface area contributed by atoms with Gasteiger partial charge in [-0.2, -0.15) is 0 Å². The van der Waals surface area contributed by atoms with E-state index in [9.17, 15) is 9.59 Å². The summed E-state index contributed by atoms with van der Waals surface area (Å²) >= 11 is 1.35. The predicted octanol–water partition coefficient (Wildman–Crippen LogP) is 4.48. The monoisotopic (exact) mass is 393 g/mol. The van der Waals surface area contributed by atoms with E-state index in [-0.39, 0.29) is 23.8 Å². The molecule has 0 unspecified atom stereocenters. The molecule has 0 aliphatic rings. The molecule has 0 aliphatic heterocycles. The summed E-state index contributed by atoms with van der Waals surface area (Å²) in [5, 5.41) is 7.79. The largest absolute Gasteiger partial charge is 0.343 e. The van der Waals surface area contributed by atoms with Crippen molar-refractivity contribution in [1.82, 2.24) is 10.3 Å². The van der Waals surface area contributed by atoms with E-state index < -0.39 is 0 Å². The van der Waals surface area contributed by atoms with E-state index >= 15 is 0 Å². The van der Waals surface area contributed by atoms with E-state index in [2.05, 4.69) is 36.4 Å². The van der Waals surface area contributed by atoms with Crippen LogP contribution >= 0.6 is 11.3 Å². The lowest BCUT2D eigenvalue weighted by Crippen LogP contribution is -2.33. The van der Waals surface area contributed by atoms with Crippen LogP contribution in [0, 0.1) is 0 Å². The van der Waals surface area contributed by atoms with Crippen LogP contribution in [0.2, 0.25) is 0 Å². The van der Waals surface area contributed by atoms with Crippen LogP contribution in [-0.4, -0.2) is 23.3 Å². The Kier molecular flexibility index (Phi) is 5.90. The molecule has 3 aromatic rings. The zero-order valence-electron chi connectivity index (χ0n) is 16.2. The number of carbonyl (C=O) groups is 2. The number of thiazole rings is 1. The second kappa shape index (κ2) is 8.35. The molecule has 2 N–H and O–H groups in total. The summed E-state index contributed by atoms with van der Waals surface area (Å²) in [4.78, 5) is 28.9. The Morgan fingerprint density at radius 1 is 1.04 bits per heavy atom. The van der Waals surface area contributed by atoms with Gasteiger partial charge in [0, 0.05) is 16.5 Å². The highest BCUT2D eigenvalue weighted by atomic mass is 32.1. The van der Waals surface area contributed by atoms with Crippen LogP contribution in [0.1, 0.15) is 36.7 Å². The summed E-state index contributed by atoms with van der Waals surface area (Å²) in [6.45, 7) is 6.17. The zero-order chi connectivity index (χ0) is 20.1. The van der Waals surface area contributed by atoms with Crippen molar-refractivity contribution >= 4 is 28.3 Å². The number of benzene rings is 2. The van der Waals surface area contributed by atoms with Gasteiger partial charge in [-0.3, -0.25) is 9.59 Å². The van der Waals surface area contributed by atoms with E-state index in [0.29, 0.717) is 10.7 Å². The molecule has 0 saturated carbocycles. The van der Waals surface area contributed by atoms with Crippen molar-refractivity contribution in [2.75, 3.05) is 11.9 Å². The van der Waals surface area contributed by atoms with Gasteiger partial charge in [0.15, 0.2) is 5.13 Å². The topological polar surface area (TPSA) is 71.1 Å². The molecule has 144 valence electrons. The van der Waals surface area contributed by atoms with Crippen LogP contribution in [0.25, 0.3) is 11.3 Å². The maximum Gasteiger partial charge on any atom is 0.251 e. The number of hydrogen-bond donors (Lipinski definition) is 2. The summed E-state index contributed by atoms with van der Waals surface area (Å²) < 4.78 is 0. The minimum absolute atomic E-state index is 0.0467. The fourth-order valence-electron chi connectivity index (χ4n) is 2.63. The molecule has 1 aromatic heterocycles. The summed E-state index contributed by atoms with van der Waals surface area (Å²) in [5.41, 5.74) is 3.37. The molecule has 6 heteroatoms. The van der Waals surface area contributed by atoms with Crippen molar-refractivity contribution in [1.29, 1.82) is 0 Å². The second-order valence-corrected chi connectivity index (χ2v) is 8.32. The van der Waals surface area contributed by atoms with Crippen LogP contribution in [0.15, 0.2) is 60.0 Å². The molecular weight excluding hydrogens is 370 g/mol. The number of amides is 2. The third-order valence-corrected chi connectivity index (χ3v) is 4.98. The third kappa shape index (κ3) is 5.04. The normalized spacial score (nSPS) is 11.1. The van der Waals surface area contributed by atoms with Crippen LogP contribution in [-0.2, 0) is 10.2 Å². The summed E-state index contributed by atoms with van der Waals surface area (Å²) in [5.74, 6) is -0.584. The smallest absolute Gasteiger partial charge is 0.251 e. The molecule has 0 spiro atoms. The first-order valence-electron chi connectivity index (χ1n) is 9.02. The van der Waals surface area contributed by atoms with Gasteiger partial charge in [-0.1, -0.05) is 63.2 Å². The van der Waals surface area contributed by atoms with Crippen molar-refractivity contribution in [2.45, 2.75) is 26.2 Å². The standard InChI is InChI=1S/C22H23N3O2S/c1-22(2,3)17-11-7-10-16(12-17)20(27)23-13-19(26)25-21-24-18(14-28-21)15-8-5-4-6-9-15/h4-12,14H,13H2,1-3H3,(H,23,27)(H,24,25,26). The Hall–Kier alpha value is -2.99. The van der Waals surface area contributed by atoms with Gasteiger partial charge in [0.05, 0.1) is 12.2 Å². The van der Waals surface area contributed by atoms with Crippen LogP contribution in [0.3, 0.4) is 0 Å². The van der Waals surface area contributed by atoms with Crippen LogP contribution < -0.4 is 10.6 Å². The Balaban J connectivity index is 1.56. The number of aromatic nitrogens is 1. The zero-order valence-corrected chi connectivity index (χ0v) is 17.0. The summed E-state index contributed by atoms with van der Waals surface area (Å²) in [7, 11) is 0. The lowest BCUT2D eigenvalue weighted by molar-refractivity contribution is -0.115. The third-order valence-electron chi connectivity index (χ3n) is 4.22. The lowest BCUT2D eigenvalue weighted by Gasteiger charge is -2.19. The molecule has 2 amide bonds. The summed E-state index contributed by atoms with van der Waals surface area (Å²) in [6.07, 6.45) is 0. The van der Waals surface area contributed by atoms with Gasteiger partial charge in [0.1, 0.15) is 0 Å². The highest BCUT2D eigenvalue weighted by Crippen LogP contribution is 2.24. The maximum atomic E-state index is 12.4. The molecule has 3 rings (SSSR count). The fraction of sp³-hybridized carbons (Fsp3) is 0.227. The molecular formula is C22H23N3O2S. The van der Waals surface area contributed by atoms with E-state index in [1.807, 2.05) is 53.9 Å². The molecule has 1 heterocycles. The predicted molar refractivity (Wildman–Crippen MR) is 114 cm³/mol. The molecule has 0 atom stereocenters. The number of rotatable bonds is 5. The molecule has 0 saturated heterocycles. The molecule has 0 radical (unpaired) electrons. The van der Waals surface area contributed by atoms with E-state index in [1.165, 1.54) is 11.3 Å². The summed E-state index contributed by atoms with van der Waals surface area (Å²) in [6, 6.07) is 17.2. The van der Waals surface area contributed by atoms with Crippen molar-refractivity contribution in [3.8, 4) is 11.3 Å². The Morgan fingerprint density at radius 2 is 1.79 bits per heavy atom. The highest BCUT2D eigenvalue weighted by molar-refractivity contribution is 7.14. The Labute approximate surface area is 168 Å². The molecule has 0 fully saturated rings. The van der Waals surface area contributed by atoms with E-state index in [1.54, 1.807) is 6.07 Å². The van der Waals surface area contributed by atoms with Crippen molar-refractivity contribution < 1.29 is 9.59 Å². The van der Waals surface area contributed by atoms with Crippen LogP contribution in [0.5, 0.6) is 0 Å². The average Bonchev–Trinajstić information content (AvgIpc) is 3.14. The van der Waals surface area contributed by atoms with Gasteiger partial charge in [-0.05, 0) is 23.1 Å². The minimum Gasteiger partial charge on any atom is -0.343 e.